The van der Waals surface area contributed by atoms with Crippen molar-refractivity contribution in [2.45, 2.75) is 47.0 Å². The quantitative estimate of drug-likeness (QED) is 0.785. The van der Waals surface area contributed by atoms with Gasteiger partial charge in [0.1, 0.15) is 16.8 Å². The Kier molecular flexibility index (Phi) is 5.69. The van der Waals surface area contributed by atoms with Crippen molar-refractivity contribution in [2.75, 3.05) is 11.9 Å². The van der Waals surface area contributed by atoms with Crippen molar-refractivity contribution in [1.82, 2.24) is 9.97 Å². The van der Waals surface area contributed by atoms with Crippen molar-refractivity contribution in [3.05, 3.63) is 16.5 Å². The molecule has 1 N–H and O–H groups in total. The van der Waals surface area contributed by atoms with E-state index in [4.69, 9.17) is 11.6 Å². The van der Waals surface area contributed by atoms with Crippen LogP contribution in [0.4, 0.5) is 5.82 Å². The Morgan fingerprint density at radius 3 is 2.35 bits per heavy atom. The molecule has 0 aliphatic heterocycles. The lowest BCUT2D eigenvalue weighted by Crippen LogP contribution is -2.15. The number of hydrogen-bond donors (Lipinski definition) is 1. The van der Waals surface area contributed by atoms with Gasteiger partial charge in [-0.1, -0.05) is 45.2 Å². The summed E-state index contributed by atoms with van der Waals surface area (Å²) in [4.78, 5) is 8.72. The summed E-state index contributed by atoms with van der Waals surface area (Å²) in [5.41, 5.74) is 0.940. The van der Waals surface area contributed by atoms with Crippen LogP contribution >= 0.6 is 11.6 Å². The molecule has 1 rings (SSSR count). The lowest BCUT2D eigenvalue weighted by molar-refractivity contribution is 0.518. The minimum Gasteiger partial charge on any atom is -0.369 e. The first-order valence-corrected chi connectivity index (χ1v) is 6.76. The molecule has 1 heterocycles. The van der Waals surface area contributed by atoms with Crippen LogP contribution in [0, 0.1) is 12.8 Å². The van der Waals surface area contributed by atoms with Crippen LogP contribution in [0.25, 0.3) is 0 Å². The lowest BCUT2D eigenvalue weighted by Gasteiger charge is -2.16. The first kappa shape index (κ1) is 14.2. The minimum absolute atomic E-state index is 0.559. The van der Waals surface area contributed by atoms with Crippen LogP contribution in [0.15, 0.2) is 0 Å². The fourth-order valence-corrected chi connectivity index (χ4v) is 1.87. The summed E-state index contributed by atoms with van der Waals surface area (Å²) in [6.07, 6.45) is 3.17. The van der Waals surface area contributed by atoms with Gasteiger partial charge in [0, 0.05) is 18.5 Å². The number of halogens is 1. The maximum Gasteiger partial charge on any atom is 0.137 e. The number of nitrogens with zero attached hydrogens (tertiary/aromatic N) is 2. The van der Waals surface area contributed by atoms with Gasteiger partial charge in [0.2, 0.25) is 0 Å². The standard InChI is InChI=1S/C13H22ClN3/c1-5-10(6-2)8-15-13-9(4)12(14)16-11(7-3)17-13/h10H,5-8H2,1-4H3,(H,15,16,17). The van der Waals surface area contributed by atoms with E-state index in [1.807, 2.05) is 13.8 Å². The predicted octanol–water partition coefficient (Wildman–Crippen LogP) is 3.85. The van der Waals surface area contributed by atoms with Crippen molar-refractivity contribution >= 4 is 17.4 Å². The average molecular weight is 256 g/mol. The molecule has 1 aromatic heterocycles. The zero-order valence-electron chi connectivity index (χ0n) is 11.2. The average Bonchev–Trinajstić information content (AvgIpc) is 2.35. The Balaban J connectivity index is 2.79. The number of anilines is 1. The topological polar surface area (TPSA) is 37.8 Å². The number of aryl methyl sites for hydroxylation is 1. The van der Waals surface area contributed by atoms with E-state index >= 15 is 0 Å². The molecule has 0 amide bonds. The Morgan fingerprint density at radius 2 is 1.82 bits per heavy atom. The molecule has 0 unspecified atom stereocenters. The summed E-state index contributed by atoms with van der Waals surface area (Å²) in [6, 6.07) is 0. The smallest absolute Gasteiger partial charge is 0.137 e. The van der Waals surface area contributed by atoms with E-state index in [9.17, 15) is 0 Å². The van der Waals surface area contributed by atoms with Crippen LogP contribution in [0.2, 0.25) is 5.15 Å². The van der Waals surface area contributed by atoms with Crippen molar-refractivity contribution < 1.29 is 0 Å². The first-order valence-electron chi connectivity index (χ1n) is 6.39. The van der Waals surface area contributed by atoms with Crippen LogP contribution in [0.1, 0.15) is 45.0 Å². The normalized spacial score (nSPS) is 10.9. The molecule has 0 aromatic carbocycles. The number of rotatable bonds is 6. The molecule has 1 aromatic rings. The van der Waals surface area contributed by atoms with Gasteiger partial charge in [-0.15, -0.1) is 0 Å². The van der Waals surface area contributed by atoms with Gasteiger partial charge in [0.25, 0.3) is 0 Å². The summed E-state index contributed by atoms with van der Waals surface area (Å²) in [7, 11) is 0. The van der Waals surface area contributed by atoms with E-state index in [0.717, 1.165) is 30.2 Å². The molecule has 96 valence electrons. The molecule has 0 atom stereocenters. The van der Waals surface area contributed by atoms with E-state index in [-0.39, 0.29) is 0 Å². The first-order chi connectivity index (χ1) is 8.12. The second-order valence-electron chi connectivity index (χ2n) is 4.32. The summed E-state index contributed by atoms with van der Waals surface area (Å²) < 4.78 is 0. The zero-order valence-corrected chi connectivity index (χ0v) is 11.9. The molecule has 17 heavy (non-hydrogen) atoms. The maximum absolute atomic E-state index is 6.09. The zero-order chi connectivity index (χ0) is 12.8. The molecule has 0 aliphatic carbocycles. The van der Waals surface area contributed by atoms with Crippen molar-refractivity contribution in [3.8, 4) is 0 Å². The van der Waals surface area contributed by atoms with Gasteiger partial charge in [-0.3, -0.25) is 0 Å². The second-order valence-corrected chi connectivity index (χ2v) is 4.68. The largest absolute Gasteiger partial charge is 0.369 e. The lowest BCUT2D eigenvalue weighted by atomic mass is 10.0. The fraction of sp³-hybridized carbons (Fsp3) is 0.692. The highest BCUT2D eigenvalue weighted by Crippen LogP contribution is 2.20. The van der Waals surface area contributed by atoms with Crippen molar-refractivity contribution in [2.24, 2.45) is 5.92 Å². The molecule has 0 radical (unpaired) electrons. The molecule has 4 heteroatoms. The van der Waals surface area contributed by atoms with Gasteiger partial charge < -0.3 is 5.32 Å². The summed E-state index contributed by atoms with van der Waals surface area (Å²) in [5, 5.41) is 3.95. The molecule has 0 bridgehead atoms. The third-order valence-corrected chi connectivity index (χ3v) is 3.53. The Morgan fingerprint density at radius 1 is 1.18 bits per heavy atom. The van der Waals surface area contributed by atoms with E-state index in [1.165, 1.54) is 12.8 Å². The van der Waals surface area contributed by atoms with Gasteiger partial charge >= 0.3 is 0 Å². The Hall–Kier alpha value is -0.830. The molecule has 0 saturated heterocycles. The van der Waals surface area contributed by atoms with Gasteiger partial charge in [-0.2, -0.15) is 0 Å². The van der Waals surface area contributed by atoms with Crippen molar-refractivity contribution in [1.29, 1.82) is 0 Å². The van der Waals surface area contributed by atoms with E-state index in [2.05, 4.69) is 29.1 Å². The second kappa shape index (κ2) is 6.80. The van der Waals surface area contributed by atoms with Crippen LogP contribution in [-0.4, -0.2) is 16.5 Å². The highest BCUT2D eigenvalue weighted by molar-refractivity contribution is 6.30. The summed E-state index contributed by atoms with van der Waals surface area (Å²) in [5.74, 6) is 2.37. The Labute approximate surface area is 109 Å². The van der Waals surface area contributed by atoms with Crippen LogP contribution in [-0.2, 0) is 6.42 Å². The molecular formula is C13H22ClN3. The molecular weight excluding hydrogens is 234 g/mol. The third-order valence-electron chi connectivity index (χ3n) is 3.16. The van der Waals surface area contributed by atoms with E-state index < -0.39 is 0 Å². The number of aromatic nitrogens is 2. The van der Waals surface area contributed by atoms with Crippen LogP contribution in [0.5, 0.6) is 0 Å². The highest BCUT2D eigenvalue weighted by Gasteiger charge is 2.10. The van der Waals surface area contributed by atoms with Crippen LogP contribution in [0.3, 0.4) is 0 Å². The molecule has 0 fully saturated rings. The van der Waals surface area contributed by atoms with Gasteiger partial charge in [0.05, 0.1) is 0 Å². The monoisotopic (exact) mass is 255 g/mol. The Bertz CT molecular complexity index is 362. The maximum atomic E-state index is 6.09. The van der Waals surface area contributed by atoms with E-state index in [1.54, 1.807) is 0 Å². The number of hydrogen-bond acceptors (Lipinski definition) is 3. The number of nitrogens with one attached hydrogen (secondary N) is 1. The summed E-state index contributed by atoms with van der Waals surface area (Å²) in [6.45, 7) is 9.37. The molecule has 0 saturated carbocycles. The predicted molar refractivity (Wildman–Crippen MR) is 73.7 cm³/mol. The summed E-state index contributed by atoms with van der Waals surface area (Å²) >= 11 is 6.09. The highest BCUT2D eigenvalue weighted by atomic mass is 35.5. The van der Waals surface area contributed by atoms with Crippen molar-refractivity contribution in [3.63, 3.8) is 0 Å². The molecule has 0 spiro atoms. The SMILES string of the molecule is CCc1nc(Cl)c(C)c(NCC(CC)CC)n1. The third kappa shape index (κ3) is 3.84. The van der Waals surface area contributed by atoms with Crippen LogP contribution < -0.4 is 5.32 Å². The van der Waals surface area contributed by atoms with E-state index in [0.29, 0.717) is 11.1 Å². The molecule has 0 aliphatic rings. The molecule has 3 nitrogen and oxygen atoms in total. The van der Waals surface area contributed by atoms with Gasteiger partial charge in [-0.05, 0) is 12.8 Å². The van der Waals surface area contributed by atoms with Gasteiger partial charge in [-0.25, -0.2) is 9.97 Å². The fourth-order valence-electron chi connectivity index (χ4n) is 1.68. The minimum atomic E-state index is 0.559. The van der Waals surface area contributed by atoms with Gasteiger partial charge in [0.15, 0.2) is 0 Å².